The zero-order chi connectivity index (χ0) is 14.4. The third-order valence-electron chi connectivity index (χ3n) is 3.70. The standard InChI is InChI=1S/C15H22N2O2S/c1-13(18)20-14-7-12-17(15(14)19)11-6-5-10-16-8-3-2-4-9-16/h14H,2-4,7-12H2,1H3/t14-/m0/s1. The Morgan fingerprint density at radius 1 is 1.20 bits per heavy atom. The largest absolute Gasteiger partial charge is 0.331 e. The summed E-state index contributed by atoms with van der Waals surface area (Å²) in [6.07, 6.45) is 4.64. The number of likely N-dealkylation sites (tertiary alicyclic amines) is 2. The summed E-state index contributed by atoms with van der Waals surface area (Å²) in [6.45, 7) is 5.85. The normalized spacial score (nSPS) is 23.6. The van der Waals surface area contributed by atoms with Crippen molar-refractivity contribution in [3.63, 3.8) is 0 Å². The molecule has 0 radical (unpaired) electrons. The Morgan fingerprint density at radius 2 is 1.90 bits per heavy atom. The predicted octanol–water partition coefficient (Wildman–Crippen LogP) is 1.36. The minimum atomic E-state index is -0.184. The number of rotatable bonds is 3. The van der Waals surface area contributed by atoms with Crippen LogP contribution in [0.15, 0.2) is 0 Å². The van der Waals surface area contributed by atoms with Gasteiger partial charge in [0, 0.05) is 13.5 Å². The van der Waals surface area contributed by atoms with Crippen LogP contribution >= 0.6 is 11.8 Å². The maximum Gasteiger partial charge on any atom is 0.237 e. The van der Waals surface area contributed by atoms with Gasteiger partial charge < -0.3 is 4.90 Å². The molecule has 2 aliphatic heterocycles. The molecule has 2 fully saturated rings. The molecule has 2 aliphatic rings. The first-order valence-electron chi connectivity index (χ1n) is 7.31. The van der Waals surface area contributed by atoms with E-state index in [0.717, 1.165) is 44.4 Å². The minimum absolute atomic E-state index is 0.0152. The van der Waals surface area contributed by atoms with Crippen LogP contribution in [0.4, 0.5) is 0 Å². The molecule has 0 saturated carbocycles. The van der Waals surface area contributed by atoms with E-state index in [1.54, 1.807) is 4.90 Å². The molecule has 0 unspecified atom stereocenters. The Bertz CT molecular complexity index is 421. The van der Waals surface area contributed by atoms with Crippen molar-refractivity contribution in [2.24, 2.45) is 0 Å². The Kier molecular flexibility index (Phi) is 5.93. The number of piperidine rings is 1. The molecule has 110 valence electrons. The summed E-state index contributed by atoms with van der Waals surface area (Å²) in [7, 11) is 0. The molecule has 0 aliphatic carbocycles. The third kappa shape index (κ3) is 4.53. The van der Waals surface area contributed by atoms with Crippen LogP contribution < -0.4 is 0 Å². The Hall–Kier alpha value is -0.990. The molecule has 5 heteroatoms. The van der Waals surface area contributed by atoms with Gasteiger partial charge in [-0.1, -0.05) is 30.0 Å². The highest BCUT2D eigenvalue weighted by Crippen LogP contribution is 2.24. The summed E-state index contributed by atoms with van der Waals surface area (Å²) in [6, 6.07) is 0. The van der Waals surface area contributed by atoms with Gasteiger partial charge in [-0.15, -0.1) is 0 Å². The molecule has 2 rings (SSSR count). The van der Waals surface area contributed by atoms with Crippen molar-refractivity contribution in [1.82, 2.24) is 9.80 Å². The lowest BCUT2D eigenvalue weighted by molar-refractivity contribution is -0.126. The van der Waals surface area contributed by atoms with Gasteiger partial charge in [-0.3, -0.25) is 14.5 Å². The van der Waals surface area contributed by atoms with Gasteiger partial charge in [0.25, 0.3) is 0 Å². The fourth-order valence-corrected chi connectivity index (χ4v) is 3.49. The van der Waals surface area contributed by atoms with E-state index in [1.165, 1.54) is 26.2 Å². The number of carbonyl (C=O) groups is 2. The lowest BCUT2D eigenvalue weighted by atomic mass is 10.1. The maximum absolute atomic E-state index is 12.0. The van der Waals surface area contributed by atoms with E-state index in [2.05, 4.69) is 16.7 Å². The molecule has 0 N–H and O–H groups in total. The Labute approximate surface area is 125 Å². The summed E-state index contributed by atoms with van der Waals surface area (Å²) >= 11 is 1.15. The molecular formula is C15H22N2O2S. The predicted molar refractivity (Wildman–Crippen MR) is 81.3 cm³/mol. The lowest BCUT2D eigenvalue weighted by Crippen LogP contribution is -2.30. The average Bonchev–Trinajstić information content (AvgIpc) is 2.77. The fraction of sp³-hybridized carbons (Fsp3) is 0.733. The molecule has 0 bridgehead atoms. The average molecular weight is 294 g/mol. The second-order valence-corrected chi connectivity index (χ2v) is 6.72. The van der Waals surface area contributed by atoms with E-state index in [0.29, 0.717) is 6.54 Å². The highest BCUT2D eigenvalue weighted by molar-refractivity contribution is 8.14. The summed E-state index contributed by atoms with van der Waals surface area (Å²) < 4.78 is 0. The number of thioether (sulfide) groups is 1. The SMILES string of the molecule is CC(=O)S[C@H]1CCN(CC#CCN2CCCCC2)C1=O. The highest BCUT2D eigenvalue weighted by atomic mass is 32.2. The van der Waals surface area contributed by atoms with Crippen LogP contribution in [0.1, 0.15) is 32.6 Å². The number of hydrogen-bond acceptors (Lipinski definition) is 4. The number of nitrogens with zero attached hydrogens (tertiary/aromatic N) is 2. The van der Waals surface area contributed by atoms with Gasteiger partial charge in [0.05, 0.1) is 18.3 Å². The lowest BCUT2D eigenvalue weighted by Gasteiger charge is -2.23. The van der Waals surface area contributed by atoms with Crippen molar-refractivity contribution in [2.75, 3.05) is 32.7 Å². The van der Waals surface area contributed by atoms with Crippen LogP contribution in [0.5, 0.6) is 0 Å². The molecule has 0 aromatic rings. The summed E-state index contributed by atoms with van der Waals surface area (Å²) in [5, 5.41) is -0.169. The van der Waals surface area contributed by atoms with Crippen LogP contribution in [0.25, 0.3) is 0 Å². The first-order chi connectivity index (χ1) is 9.66. The molecular weight excluding hydrogens is 272 g/mol. The highest BCUT2D eigenvalue weighted by Gasteiger charge is 2.32. The number of amides is 1. The van der Waals surface area contributed by atoms with Crippen LogP contribution in [0.2, 0.25) is 0 Å². The molecule has 0 spiro atoms. The third-order valence-corrected chi connectivity index (χ3v) is 4.76. The van der Waals surface area contributed by atoms with Crippen molar-refractivity contribution < 1.29 is 9.59 Å². The van der Waals surface area contributed by atoms with E-state index < -0.39 is 0 Å². The minimum Gasteiger partial charge on any atom is -0.331 e. The van der Waals surface area contributed by atoms with E-state index in [9.17, 15) is 9.59 Å². The summed E-state index contributed by atoms with van der Waals surface area (Å²) in [5.74, 6) is 6.33. The maximum atomic E-state index is 12.0. The summed E-state index contributed by atoms with van der Waals surface area (Å²) in [4.78, 5) is 27.2. The van der Waals surface area contributed by atoms with E-state index in [-0.39, 0.29) is 16.3 Å². The Balaban J connectivity index is 1.72. The van der Waals surface area contributed by atoms with Crippen molar-refractivity contribution in [2.45, 2.75) is 37.9 Å². The van der Waals surface area contributed by atoms with Gasteiger partial charge in [-0.2, -0.15) is 0 Å². The van der Waals surface area contributed by atoms with Crippen molar-refractivity contribution in [3.05, 3.63) is 0 Å². The smallest absolute Gasteiger partial charge is 0.237 e. The molecule has 0 aromatic carbocycles. The second-order valence-electron chi connectivity index (χ2n) is 5.34. The van der Waals surface area contributed by atoms with Gasteiger partial charge in [-0.05, 0) is 32.4 Å². The molecule has 0 aromatic heterocycles. The molecule has 20 heavy (non-hydrogen) atoms. The second kappa shape index (κ2) is 7.70. The van der Waals surface area contributed by atoms with E-state index >= 15 is 0 Å². The molecule has 4 nitrogen and oxygen atoms in total. The van der Waals surface area contributed by atoms with Crippen LogP contribution in [-0.2, 0) is 9.59 Å². The van der Waals surface area contributed by atoms with Gasteiger partial charge in [0.1, 0.15) is 0 Å². The zero-order valence-electron chi connectivity index (χ0n) is 12.1. The quantitative estimate of drug-likeness (QED) is 0.737. The Morgan fingerprint density at radius 3 is 2.60 bits per heavy atom. The van der Waals surface area contributed by atoms with Crippen molar-refractivity contribution in [1.29, 1.82) is 0 Å². The van der Waals surface area contributed by atoms with Crippen LogP contribution in [0, 0.1) is 11.8 Å². The first kappa shape index (κ1) is 15.4. The number of carbonyl (C=O) groups excluding carboxylic acids is 2. The first-order valence-corrected chi connectivity index (χ1v) is 8.19. The molecule has 2 heterocycles. The topological polar surface area (TPSA) is 40.6 Å². The van der Waals surface area contributed by atoms with Gasteiger partial charge in [0.2, 0.25) is 5.91 Å². The van der Waals surface area contributed by atoms with Gasteiger partial charge in [-0.25, -0.2) is 0 Å². The molecule has 1 atom stereocenters. The van der Waals surface area contributed by atoms with Gasteiger partial charge >= 0.3 is 0 Å². The summed E-state index contributed by atoms with van der Waals surface area (Å²) in [5.41, 5.74) is 0. The van der Waals surface area contributed by atoms with Crippen molar-refractivity contribution in [3.8, 4) is 11.8 Å². The van der Waals surface area contributed by atoms with Crippen LogP contribution in [0.3, 0.4) is 0 Å². The monoisotopic (exact) mass is 294 g/mol. The van der Waals surface area contributed by atoms with E-state index in [1.807, 2.05) is 0 Å². The number of hydrogen-bond donors (Lipinski definition) is 0. The molecule has 1 amide bonds. The molecule has 2 saturated heterocycles. The van der Waals surface area contributed by atoms with Crippen LogP contribution in [-0.4, -0.2) is 58.8 Å². The van der Waals surface area contributed by atoms with Gasteiger partial charge in [0.15, 0.2) is 5.12 Å². The van der Waals surface area contributed by atoms with E-state index in [4.69, 9.17) is 0 Å². The zero-order valence-corrected chi connectivity index (χ0v) is 12.9. The fourth-order valence-electron chi connectivity index (χ4n) is 2.61. The van der Waals surface area contributed by atoms with Crippen molar-refractivity contribution >= 4 is 22.8 Å².